The van der Waals surface area contributed by atoms with E-state index in [2.05, 4.69) is 4.72 Å². The van der Waals surface area contributed by atoms with Crippen molar-refractivity contribution in [2.75, 3.05) is 35.9 Å². The van der Waals surface area contributed by atoms with Crippen LogP contribution < -0.4 is 9.62 Å². The van der Waals surface area contributed by atoms with Gasteiger partial charge in [-0.15, -0.1) is 0 Å². The van der Waals surface area contributed by atoms with E-state index in [9.17, 15) is 22.7 Å². The number of aryl methyl sites for hydroxylation is 1. The molecule has 1 heterocycles. The van der Waals surface area contributed by atoms with Crippen LogP contribution in [0.1, 0.15) is 15.9 Å². The van der Waals surface area contributed by atoms with Gasteiger partial charge in [0.05, 0.1) is 35.0 Å². The molecule has 1 aliphatic heterocycles. The molecule has 0 saturated carbocycles. The molecule has 0 aromatic heterocycles. The molecular formula is C18H19FN2O5S. The van der Waals surface area contributed by atoms with Crippen LogP contribution in [0.5, 0.6) is 0 Å². The lowest BCUT2D eigenvalue weighted by molar-refractivity contribution is 0.0697. The molecule has 0 bridgehead atoms. The molecule has 2 aromatic carbocycles. The summed E-state index contributed by atoms with van der Waals surface area (Å²) < 4.78 is 46.9. The maximum atomic E-state index is 13.6. The quantitative estimate of drug-likeness (QED) is 0.809. The Morgan fingerprint density at radius 1 is 1.19 bits per heavy atom. The predicted octanol–water partition coefficient (Wildman–Crippen LogP) is 2.47. The second-order valence-corrected chi connectivity index (χ2v) is 7.80. The molecule has 0 aliphatic carbocycles. The van der Waals surface area contributed by atoms with E-state index in [0.29, 0.717) is 37.6 Å². The number of anilines is 2. The van der Waals surface area contributed by atoms with Gasteiger partial charge in [0.25, 0.3) is 10.0 Å². The summed E-state index contributed by atoms with van der Waals surface area (Å²) in [5, 5.41) is 9.25. The Hall–Kier alpha value is -2.65. The first-order valence-electron chi connectivity index (χ1n) is 8.27. The van der Waals surface area contributed by atoms with Gasteiger partial charge in [0.2, 0.25) is 0 Å². The molecule has 0 atom stereocenters. The maximum Gasteiger partial charge on any atom is 0.335 e. The zero-order chi connectivity index (χ0) is 19.6. The van der Waals surface area contributed by atoms with E-state index in [1.165, 1.54) is 24.3 Å². The number of hydrogen-bond acceptors (Lipinski definition) is 5. The molecule has 1 fully saturated rings. The van der Waals surface area contributed by atoms with Crippen molar-refractivity contribution in [3.8, 4) is 0 Å². The standard InChI is InChI=1S/C18H19FN2O5S/c1-12-2-4-14(19)11-17(12)27(24,25)20-15-10-13(18(22)23)3-5-16(15)21-6-8-26-9-7-21/h2-5,10-11,20H,6-9H2,1H3,(H,22,23). The minimum atomic E-state index is -4.11. The molecule has 144 valence electrons. The van der Waals surface area contributed by atoms with Gasteiger partial charge in [0.1, 0.15) is 5.82 Å². The van der Waals surface area contributed by atoms with Crippen LogP contribution in [-0.2, 0) is 14.8 Å². The van der Waals surface area contributed by atoms with Crippen molar-refractivity contribution in [2.24, 2.45) is 0 Å². The SMILES string of the molecule is Cc1ccc(F)cc1S(=O)(=O)Nc1cc(C(=O)O)ccc1N1CCOCC1. The van der Waals surface area contributed by atoms with Crippen molar-refractivity contribution in [1.82, 2.24) is 0 Å². The van der Waals surface area contributed by atoms with E-state index in [4.69, 9.17) is 4.74 Å². The first-order chi connectivity index (χ1) is 12.8. The fourth-order valence-electron chi connectivity index (χ4n) is 2.89. The number of nitrogens with one attached hydrogen (secondary N) is 1. The van der Waals surface area contributed by atoms with E-state index < -0.39 is 21.8 Å². The average Bonchev–Trinajstić information content (AvgIpc) is 2.64. The van der Waals surface area contributed by atoms with Gasteiger partial charge in [-0.1, -0.05) is 6.07 Å². The number of carboxylic acids is 1. The van der Waals surface area contributed by atoms with Gasteiger partial charge in [0, 0.05) is 13.1 Å². The van der Waals surface area contributed by atoms with Gasteiger partial charge < -0.3 is 14.7 Å². The third kappa shape index (κ3) is 4.20. The van der Waals surface area contributed by atoms with E-state index in [1.807, 2.05) is 4.90 Å². The van der Waals surface area contributed by atoms with E-state index in [1.54, 1.807) is 13.0 Å². The summed E-state index contributed by atoms with van der Waals surface area (Å²) in [4.78, 5) is 13.0. The van der Waals surface area contributed by atoms with Crippen LogP contribution in [0.15, 0.2) is 41.3 Å². The molecule has 0 amide bonds. The Morgan fingerprint density at radius 2 is 1.89 bits per heavy atom. The number of sulfonamides is 1. The lowest BCUT2D eigenvalue weighted by Gasteiger charge is -2.30. The van der Waals surface area contributed by atoms with Crippen molar-refractivity contribution in [3.05, 3.63) is 53.3 Å². The van der Waals surface area contributed by atoms with Crippen LogP contribution in [0.3, 0.4) is 0 Å². The summed E-state index contributed by atoms with van der Waals surface area (Å²) in [6.07, 6.45) is 0. The number of nitrogens with zero attached hydrogens (tertiary/aromatic N) is 1. The van der Waals surface area contributed by atoms with E-state index in [0.717, 1.165) is 6.07 Å². The highest BCUT2D eigenvalue weighted by Gasteiger charge is 2.23. The zero-order valence-corrected chi connectivity index (χ0v) is 15.4. The van der Waals surface area contributed by atoms with E-state index in [-0.39, 0.29) is 16.1 Å². The molecule has 1 aliphatic rings. The third-order valence-corrected chi connectivity index (χ3v) is 5.79. The van der Waals surface area contributed by atoms with Gasteiger partial charge in [0.15, 0.2) is 0 Å². The van der Waals surface area contributed by atoms with Crippen LogP contribution >= 0.6 is 0 Å². The highest BCUT2D eigenvalue weighted by Crippen LogP contribution is 2.31. The van der Waals surface area contributed by atoms with E-state index >= 15 is 0 Å². The Labute approximate surface area is 156 Å². The highest BCUT2D eigenvalue weighted by molar-refractivity contribution is 7.92. The lowest BCUT2D eigenvalue weighted by atomic mass is 10.1. The van der Waals surface area contributed by atoms with Crippen LogP contribution in [-0.4, -0.2) is 45.8 Å². The van der Waals surface area contributed by atoms with Crippen molar-refractivity contribution >= 4 is 27.4 Å². The third-order valence-electron chi connectivity index (χ3n) is 4.28. The van der Waals surface area contributed by atoms with Gasteiger partial charge in [-0.05, 0) is 42.8 Å². The monoisotopic (exact) mass is 394 g/mol. The maximum absolute atomic E-state index is 13.6. The molecule has 0 unspecified atom stereocenters. The highest BCUT2D eigenvalue weighted by atomic mass is 32.2. The summed E-state index contributed by atoms with van der Waals surface area (Å²) in [7, 11) is -4.11. The number of hydrogen-bond donors (Lipinski definition) is 2. The molecular weight excluding hydrogens is 375 g/mol. The smallest absolute Gasteiger partial charge is 0.335 e. The minimum absolute atomic E-state index is 0.0549. The Balaban J connectivity index is 2.04. The Bertz CT molecular complexity index is 972. The summed E-state index contributed by atoms with van der Waals surface area (Å²) in [6, 6.07) is 7.73. The van der Waals surface area contributed by atoms with Crippen LogP contribution in [0, 0.1) is 12.7 Å². The number of benzene rings is 2. The van der Waals surface area contributed by atoms with Crippen LogP contribution in [0.2, 0.25) is 0 Å². The van der Waals surface area contributed by atoms with Crippen LogP contribution in [0.4, 0.5) is 15.8 Å². The number of rotatable bonds is 5. The van der Waals surface area contributed by atoms with Gasteiger partial charge in [-0.3, -0.25) is 4.72 Å². The molecule has 9 heteroatoms. The minimum Gasteiger partial charge on any atom is -0.478 e. The average molecular weight is 394 g/mol. The summed E-state index contributed by atoms with van der Waals surface area (Å²) in [5.41, 5.74) is 0.994. The second kappa shape index (κ2) is 7.53. The summed E-state index contributed by atoms with van der Waals surface area (Å²) >= 11 is 0. The second-order valence-electron chi connectivity index (χ2n) is 6.15. The van der Waals surface area contributed by atoms with Gasteiger partial charge in [-0.2, -0.15) is 0 Å². The van der Waals surface area contributed by atoms with Crippen molar-refractivity contribution < 1.29 is 27.4 Å². The number of ether oxygens (including phenoxy) is 1. The summed E-state index contributed by atoms with van der Waals surface area (Å²) in [6.45, 7) is 3.61. The largest absolute Gasteiger partial charge is 0.478 e. The lowest BCUT2D eigenvalue weighted by Crippen LogP contribution is -2.36. The topological polar surface area (TPSA) is 95.9 Å². The van der Waals surface area contributed by atoms with Gasteiger partial charge >= 0.3 is 5.97 Å². The zero-order valence-electron chi connectivity index (χ0n) is 14.6. The number of aromatic carboxylic acids is 1. The summed E-state index contributed by atoms with van der Waals surface area (Å²) in [5.74, 6) is -1.85. The number of morpholine rings is 1. The van der Waals surface area contributed by atoms with Crippen molar-refractivity contribution in [2.45, 2.75) is 11.8 Å². The van der Waals surface area contributed by atoms with Gasteiger partial charge in [-0.25, -0.2) is 17.6 Å². The molecule has 27 heavy (non-hydrogen) atoms. The number of carbonyl (C=O) groups is 1. The first kappa shape index (κ1) is 19.1. The normalized spacial score (nSPS) is 14.8. The molecule has 3 rings (SSSR count). The molecule has 2 N–H and O–H groups in total. The Kier molecular flexibility index (Phi) is 5.33. The van der Waals surface area contributed by atoms with Crippen molar-refractivity contribution in [1.29, 1.82) is 0 Å². The van der Waals surface area contributed by atoms with Crippen LogP contribution in [0.25, 0.3) is 0 Å². The number of carboxylic acid groups (broad SMARTS) is 1. The fraction of sp³-hybridized carbons (Fsp3) is 0.278. The molecule has 0 radical (unpaired) electrons. The molecule has 2 aromatic rings. The first-order valence-corrected chi connectivity index (χ1v) is 9.75. The van der Waals surface area contributed by atoms with Crippen molar-refractivity contribution in [3.63, 3.8) is 0 Å². The molecule has 7 nitrogen and oxygen atoms in total. The molecule has 1 saturated heterocycles. The fourth-order valence-corrected chi connectivity index (χ4v) is 4.22. The molecule has 0 spiro atoms. The number of halogens is 1. The Morgan fingerprint density at radius 3 is 2.56 bits per heavy atom. The predicted molar refractivity (Wildman–Crippen MR) is 98.4 cm³/mol.